The fraction of sp³-hybridized carbons (Fsp3) is 0.538. The Labute approximate surface area is 113 Å². The van der Waals surface area contributed by atoms with E-state index in [2.05, 4.69) is 24.0 Å². The molecule has 1 heterocycles. The van der Waals surface area contributed by atoms with Crippen molar-refractivity contribution in [1.29, 1.82) is 0 Å². The number of rotatable bonds is 7. The number of ether oxygens (including phenoxy) is 2. The van der Waals surface area contributed by atoms with Crippen LogP contribution in [0.1, 0.15) is 25.1 Å². The fourth-order valence-electron chi connectivity index (χ4n) is 1.41. The van der Waals surface area contributed by atoms with Gasteiger partial charge in [0.2, 0.25) is 5.88 Å². The van der Waals surface area contributed by atoms with E-state index in [-0.39, 0.29) is 5.84 Å². The molecule has 1 aromatic rings. The van der Waals surface area contributed by atoms with E-state index < -0.39 is 0 Å². The highest BCUT2D eigenvalue weighted by Gasteiger charge is 2.10. The third kappa shape index (κ3) is 5.13. The Kier molecular flexibility index (Phi) is 6.08. The number of nitrogens with two attached hydrogens (primary N) is 1. The van der Waals surface area contributed by atoms with Gasteiger partial charge in [-0.25, -0.2) is 4.98 Å². The molecule has 0 aliphatic heterocycles. The first-order valence-corrected chi connectivity index (χ1v) is 6.20. The van der Waals surface area contributed by atoms with Crippen molar-refractivity contribution in [3.8, 4) is 5.88 Å². The Bertz CT molecular complexity index is 433. The molecule has 106 valence electrons. The summed E-state index contributed by atoms with van der Waals surface area (Å²) in [4.78, 5) is 4.23. The summed E-state index contributed by atoms with van der Waals surface area (Å²) in [7, 11) is 0. The molecule has 0 unspecified atom stereocenters. The Morgan fingerprint density at radius 1 is 1.42 bits per heavy atom. The Morgan fingerprint density at radius 3 is 2.79 bits per heavy atom. The second kappa shape index (κ2) is 7.58. The zero-order chi connectivity index (χ0) is 14.3. The standard InChI is InChI=1S/C13H21N3O3/c1-9(2)8-18-6-7-19-13-11(12(14)16-17)5-4-10(3)15-13/h4-5,9,17H,6-8H2,1-3H3,(H2,14,16). The first-order chi connectivity index (χ1) is 9.04. The molecule has 0 fully saturated rings. The third-order valence-electron chi connectivity index (χ3n) is 2.30. The number of nitrogens with zero attached hydrogens (tertiary/aromatic N) is 2. The van der Waals surface area contributed by atoms with E-state index in [0.29, 0.717) is 37.2 Å². The zero-order valence-corrected chi connectivity index (χ0v) is 11.6. The minimum Gasteiger partial charge on any atom is -0.475 e. The number of pyridine rings is 1. The van der Waals surface area contributed by atoms with Crippen LogP contribution in [0.5, 0.6) is 5.88 Å². The van der Waals surface area contributed by atoms with Crippen LogP contribution in [0, 0.1) is 12.8 Å². The van der Waals surface area contributed by atoms with Crippen molar-refractivity contribution >= 4 is 5.84 Å². The minimum atomic E-state index is -0.0226. The topological polar surface area (TPSA) is 90.0 Å². The van der Waals surface area contributed by atoms with Gasteiger partial charge in [-0.15, -0.1) is 0 Å². The van der Waals surface area contributed by atoms with Gasteiger partial charge in [0, 0.05) is 12.3 Å². The van der Waals surface area contributed by atoms with Gasteiger partial charge in [-0.3, -0.25) is 0 Å². The molecule has 1 rings (SSSR count). The summed E-state index contributed by atoms with van der Waals surface area (Å²) in [6, 6.07) is 3.48. The summed E-state index contributed by atoms with van der Waals surface area (Å²) < 4.78 is 10.9. The summed E-state index contributed by atoms with van der Waals surface area (Å²) in [6.07, 6.45) is 0. The van der Waals surface area contributed by atoms with Gasteiger partial charge in [-0.2, -0.15) is 0 Å². The van der Waals surface area contributed by atoms with Crippen LogP contribution < -0.4 is 10.5 Å². The van der Waals surface area contributed by atoms with Crippen molar-refractivity contribution in [3.63, 3.8) is 0 Å². The molecule has 6 nitrogen and oxygen atoms in total. The lowest BCUT2D eigenvalue weighted by molar-refractivity contribution is 0.0805. The number of oxime groups is 1. The predicted octanol–water partition coefficient (Wildman–Crippen LogP) is 1.54. The molecule has 0 aliphatic rings. The monoisotopic (exact) mass is 267 g/mol. The molecule has 0 spiro atoms. The molecule has 0 saturated heterocycles. The summed E-state index contributed by atoms with van der Waals surface area (Å²) >= 11 is 0. The first-order valence-electron chi connectivity index (χ1n) is 6.20. The van der Waals surface area contributed by atoms with E-state index in [0.717, 1.165) is 5.69 Å². The SMILES string of the molecule is Cc1ccc(/C(N)=N/O)c(OCCOCC(C)C)n1. The van der Waals surface area contributed by atoms with Crippen molar-refractivity contribution in [1.82, 2.24) is 4.98 Å². The van der Waals surface area contributed by atoms with Crippen LogP contribution in [-0.4, -0.2) is 35.8 Å². The Morgan fingerprint density at radius 2 is 2.16 bits per heavy atom. The summed E-state index contributed by atoms with van der Waals surface area (Å²) in [5, 5.41) is 11.7. The number of aromatic nitrogens is 1. The van der Waals surface area contributed by atoms with E-state index >= 15 is 0 Å². The van der Waals surface area contributed by atoms with E-state index in [1.807, 2.05) is 6.92 Å². The van der Waals surface area contributed by atoms with Crippen LogP contribution >= 0.6 is 0 Å². The van der Waals surface area contributed by atoms with Crippen molar-refractivity contribution in [2.24, 2.45) is 16.8 Å². The fourth-order valence-corrected chi connectivity index (χ4v) is 1.41. The highest BCUT2D eigenvalue weighted by Crippen LogP contribution is 2.15. The average Bonchev–Trinajstić information content (AvgIpc) is 2.37. The smallest absolute Gasteiger partial charge is 0.224 e. The maximum atomic E-state index is 8.71. The van der Waals surface area contributed by atoms with Crippen molar-refractivity contribution in [2.75, 3.05) is 19.8 Å². The molecule has 0 atom stereocenters. The highest BCUT2D eigenvalue weighted by atomic mass is 16.5. The number of hydrogen-bond donors (Lipinski definition) is 2. The molecule has 0 amide bonds. The lowest BCUT2D eigenvalue weighted by Gasteiger charge is -2.11. The van der Waals surface area contributed by atoms with Crippen molar-refractivity contribution in [2.45, 2.75) is 20.8 Å². The Balaban J connectivity index is 2.59. The molecular weight excluding hydrogens is 246 g/mol. The predicted molar refractivity (Wildman–Crippen MR) is 72.6 cm³/mol. The van der Waals surface area contributed by atoms with Crippen LogP contribution in [0.25, 0.3) is 0 Å². The molecule has 0 radical (unpaired) electrons. The number of hydrogen-bond acceptors (Lipinski definition) is 5. The van der Waals surface area contributed by atoms with E-state index in [4.69, 9.17) is 20.4 Å². The minimum absolute atomic E-state index is 0.0226. The maximum absolute atomic E-state index is 8.71. The molecule has 0 aliphatic carbocycles. The molecule has 1 aromatic heterocycles. The van der Waals surface area contributed by atoms with Crippen LogP contribution in [0.3, 0.4) is 0 Å². The summed E-state index contributed by atoms with van der Waals surface area (Å²) in [5.41, 5.74) is 6.83. The molecule has 6 heteroatoms. The van der Waals surface area contributed by atoms with Crippen LogP contribution in [0.2, 0.25) is 0 Å². The second-order valence-electron chi connectivity index (χ2n) is 4.61. The number of aryl methyl sites for hydroxylation is 1. The lowest BCUT2D eigenvalue weighted by atomic mass is 10.2. The van der Waals surface area contributed by atoms with Crippen molar-refractivity contribution in [3.05, 3.63) is 23.4 Å². The zero-order valence-electron chi connectivity index (χ0n) is 11.6. The van der Waals surface area contributed by atoms with E-state index in [1.54, 1.807) is 12.1 Å². The molecule has 0 saturated carbocycles. The Hall–Kier alpha value is -1.82. The van der Waals surface area contributed by atoms with Gasteiger partial charge in [-0.1, -0.05) is 19.0 Å². The van der Waals surface area contributed by atoms with Gasteiger partial charge in [0.05, 0.1) is 12.2 Å². The molecule has 3 N–H and O–H groups in total. The molecule has 0 bridgehead atoms. The van der Waals surface area contributed by atoms with Gasteiger partial charge < -0.3 is 20.4 Å². The van der Waals surface area contributed by atoms with Gasteiger partial charge in [-0.05, 0) is 25.0 Å². The molecule has 19 heavy (non-hydrogen) atoms. The second-order valence-corrected chi connectivity index (χ2v) is 4.61. The van der Waals surface area contributed by atoms with Crippen LogP contribution in [0.15, 0.2) is 17.3 Å². The molecular formula is C13H21N3O3. The van der Waals surface area contributed by atoms with Gasteiger partial charge in [0.1, 0.15) is 6.61 Å². The van der Waals surface area contributed by atoms with Crippen LogP contribution in [-0.2, 0) is 4.74 Å². The largest absolute Gasteiger partial charge is 0.475 e. The maximum Gasteiger partial charge on any atom is 0.224 e. The van der Waals surface area contributed by atoms with Gasteiger partial charge in [0.15, 0.2) is 5.84 Å². The average molecular weight is 267 g/mol. The quantitative estimate of drug-likeness (QED) is 0.257. The van der Waals surface area contributed by atoms with Crippen molar-refractivity contribution < 1.29 is 14.7 Å². The normalized spacial score (nSPS) is 11.9. The van der Waals surface area contributed by atoms with Gasteiger partial charge >= 0.3 is 0 Å². The van der Waals surface area contributed by atoms with E-state index in [9.17, 15) is 0 Å². The van der Waals surface area contributed by atoms with Gasteiger partial charge in [0.25, 0.3) is 0 Å². The molecule has 0 aromatic carbocycles. The van der Waals surface area contributed by atoms with E-state index in [1.165, 1.54) is 0 Å². The third-order valence-corrected chi connectivity index (χ3v) is 2.30. The van der Waals surface area contributed by atoms with Crippen LogP contribution in [0.4, 0.5) is 0 Å². The highest BCUT2D eigenvalue weighted by molar-refractivity contribution is 5.99. The number of amidine groups is 1. The summed E-state index contributed by atoms with van der Waals surface area (Å²) in [6.45, 7) is 7.55. The first kappa shape index (κ1) is 15.2. The summed E-state index contributed by atoms with van der Waals surface area (Å²) in [5.74, 6) is 0.818. The lowest BCUT2D eigenvalue weighted by Crippen LogP contribution is -2.17.